The molecule has 1 unspecified atom stereocenters. The summed E-state index contributed by atoms with van der Waals surface area (Å²) < 4.78 is 0. The number of likely N-dealkylation sites (N-methyl/N-ethyl adjacent to an activating group) is 1. The smallest absolute Gasteiger partial charge is 0.121 e. The Bertz CT molecular complexity index is 994. The van der Waals surface area contributed by atoms with Gasteiger partial charge in [-0.05, 0) is 55.3 Å². The summed E-state index contributed by atoms with van der Waals surface area (Å²) in [5, 5.41) is 9.92. The number of pyridine rings is 1. The molecule has 0 saturated carbocycles. The molecular weight excluding hydrogens is 412 g/mol. The van der Waals surface area contributed by atoms with E-state index in [0.717, 1.165) is 48.7 Å². The second-order valence-electron chi connectivity index (χ2n) is 8.39. The van der Waals surface area contributed by atoms with Gasteiger partial charge in [-0.25, -0.2) is 4.99 Å². The zero-order valence-electron chi connectivity index (χ0n) is 20.0. The zero-order valence-corrected chi connectivity index (χ0v) is 20.0. The van der Waals surface area contributed by atoms with E-state index in [0.29, 0.717) is 6.54 Å². The first-order valence-electron chi connectivity index (χ1n) is 11.4. The van der Waals surface area contributed by atoms with Crippen LogP contribution in [0, 0.1) is 6.92 Å². The van der Waals surface area contributed by atoms with E-state index in [1.165, 1.54) is 11.3 Å². The van der Waals surface area contributed by atoms with Crippen molar-refractivity contribution in [2.75, 3.05) is 44.7 Å². The van der Waals surface area contributed by atoms with Gasteiger partial charge in [0.05, 0.1) is 0 Å². The first-order chi connectivity index (χ1) is 15.9. The fourth-order valence-electron chi connectivity index (χ4n) is 3.99. The molecule has 1 fully saturated rings. The lowest BCUT2D eigenvalue weighted by molar-refractivity contribution is 0.0246. The molecule has 3 rings (SSSR count). The van der Waals surface area contributed by atoms with Crippen LogP contribution in [-0.2, 0) is 6.54 Å². The van der Waals surface area contributed by atoms with Crippen molar-refractivity contribution in [1.29, 1.82) is 0 Å². The molecule has 0 spiro atoms. The number of aliphatic hydroxyl groups is 1. The number of benzene rings is 1. The molecule has 1 aromatic heterocycles. The summed E-state index contributed by atoms with van der Waals surface area (Å²) in [4.78, 5) is 15.3. The van der Waals surface area contributed by atoms with Crippen LogP contribution in [-0.4, -0.2) is 72.1 Å². The maximum absolute atomic E-state index is 9.92. The normalized spacial score (nSPS) is 16.0. The molecule has 1 saturated heterocycles. The van der Waals surface area contributed by atoms with Crippen LogP contribution >= 0.6 is 0 Å². The monoisotopic (exact) mass is 448 g/mol. The van der Waals surface area contributed by atoms with E-state index in [1.807, 2.05) is 43.5 Å². The molecule has 1 aliphatic rings. The number of piperazine rings is 1. The summed E-state index contributed by atoms with van der Waals surface area (Å²) in [6, 6.07) is 10.4. The van der Waals surface area contributed by atoms with Crippen LogP contribution in [0.1, 0.15) is 23.6 Å². The van der Waals surface area contributed by atoms with Crippen LogP contribution < -0.4 is 10.6 Å². The molecule has 0 radical (unpaired) electrons. The lowest BCUT2D eigenvalue weighted by atomic mass is 10.0. The predicted molar refractivity (Wildman–Crippen MR) is 137 cm³/mol. The molecule has 1 atom stereocenters. The van der Waals surface area contributed by atoms with Crippen LogP contribution in [0.4, 0.5) is 5.69 Å². The highest BCUT2D eigenvalue weighted by atomic mass is 16.3. The van der Waals surface area contributed by atoms with Crippen molar-refractivity contribution in [2.45, 2.75) is 26.6 Å². The largest absolute Gasteiger partial charge is 0.377 e. The zero-order chi connectivity index (χ0) is 23.8. The highest BCUT2D eigenvalue weighted by Crippen LogP contribution is 2.21. The minimum absolute atomic E-state index is 0.210. The minimum atomic E-state index is -0.650. The van der Waals surface area contributed by atoms with E-state index in [1.54, 1.807) is 0 Å². The number of nitrogens with zero attached hydrogens (tertiary/aromatic N) is 5. The first-order valence-corrected chi connectivity index (χ1v) is 11.4. The Morgan fingerprint density at radius 1 is 1.30 bits per heavy atom. The standard InChI is InChI=1S/C26H36N6O/c1-5-23(24-8-6-7-22(15-24)19-30(4)26(33)16-27)18-29-21(3)31-11-13-32(14-12-31)25-9-10-28-17-20(25)2/h5-10,15,17-18,26,33H,3,11-14,16,19,27H2,1-2,4H3/b23-5+,29-18-. The number of aliphatic imine (C=N–C) groups is 1. The number of rotatable bonds is 9. The maximum atomic E-state index is 9.92. The van der Waals surface area contributed by atoms with E-state index in [9.17, 15) is 5.11 Å². The average Bonchev–Trinajstić information content (AvgIpc) is 2.84. The van der Waals surface area contributed by atoms with Gasteiger partial charge in [-0.15, -0.1) is 0 Å². The van der Waals surface area contributed by atoms with Crippen molar-refractivity contribution in [3.8, 4) is 0 Å². The van der Waals surface area contributed by atoms with Crippen LogP contribution in [0.2, 0.25) is 0 Å². The summed E-state index contributed by atoms with van der Waals surface area (Å²) in [6.07, 6.45) is 7.06. The SMILES string of the molecule is C=C(/N=C\C(=C/C)c1cccc(CN(C)C(O)CN)c1)N1CCN(c2ccncc2C)CC1. The van der Waals surface area contributed by atoms with Crippen LogP contribution in [0.5, 0.6) is 0 Å². The molecule has 1 aromatic carbocycles. The molecule has 3 N–H and O–H groups in total. The van der Waals surface area contributed by atoms with Gasteiger partial charge in [0.25, 0.3) is 0 Å². The lowest BCUT2D eigenvalue weighted by Gasteiger charge is -2.37. The van der Waals surface area contributed by atoms with E-state index >= 15 is 0 Å². The third-order valence-corrected chi connectivity index (χ3v) is 6.05. The van der Waals surface area contributed by atoms with E-state index in [4.69, 9.17) is 5.73 Å². The second kappa shape index (κ2) is 11.7. The fourth-order valence-corrected chi connectivity index (χ4v) is 3.99. The Labute approximate surface area is 197 Å². The topological polar surface area (TPSA) is 81.2 Å². The lowest BCUT2D eigenvalue weighted by Crippen LogP contribution is -2.45. The number of aryl methyl sites for hydroxylation is 1. The Kier molecular flexibility index (Phi) is 8.77. The maximum Gasteiger partial charge on any atom is 0.121 e. The highest BCUT2D eigenvalue weighted by Gasteiger charge is 2.19. The van der Waals surface area contributed by atoms with Gasteiger partial charge in [-0.3, -0.25) is 9.88 Å². The average molecular weight is 449 g/mol. The highest BCUT2D eigenvalue weighted by molar-refractivity contribution is 6.10. The summed E-state index contributed by atoms with van der Waals surface area (Å²) in [7, 11) is 1.86. The van der Waals surface area contributed by atoms with Crippen molar-refractivity contribution >= 4 is 17.5 Å². The van der Waals surface area contributed by atoms with Gasteiger partial charge in [-0.1, -0.05) is 30.9 Å². The van der Waals surface area contributed by atoms with Gasteiger partial charge in [-0.2, -0.15) is 0 Å². The molecule has 7 heteroatoms. The van der Waals surface area contributed by atoms with Crippen molar-refractivity contribution in [3.05, 3.63) is 77.9 Å². The van der Waals surface area contributed by atoms with Gasteiger partial charge in [0.15, 0.2) is 0 Å². The second-order valence-corrected chi connectivity index (χ2v) is 8.39. The van der Waals surface area contributed by atoms with Gasteiger partial charge >= 0.3 is 0 Å². The summed E-state index contributed by atoms with van der Waals surface area (Å²) in [5.41, 5.74) is 11.2. The molecule has 176 valence electrons. The minimum Gasteiger partial charge on any atom is -0.377 e. The molecule has 0 bridgehead atoms. The Morgan fingerprint density at radius 3 is 2.73 bits per heavy atom. The molecule has 2 heterocycles. The molecule has 0 amide bonds. The number of allylic oxidation sites excluding steroid dienone is 2. The van der Waals surface area contributed by atoms with Gasteiger partial charge < -0.3 is 20.6 Å². The van der Waals surface area contributed by atoms with Gasteiger partial charge in [0.2, 0.25) is 0 Å². The number of nitrogens with two attached hydrogens (primary N) is 1. The van der Waals surface area contributed by atoms with Crippen molar-refractivity contribution < 1.29 is 5.11 Å². The van der Waals surface area contributed by atoms with E-state index in [-0.39, 0.29) is 6.54 Å². The Hall–Kier alpha value is -3.00. The van der Waals surface area contributed by atoms with Gasteiger partial charge in [0.1, 0.15) is 12.0 Å². The Balaban J connectivity index is 1.60. The molecule has 0 aliphatic carbocycles. The van der Waals surface area contributed by atoms with Crippen molar-refractivity contribution in [2.24, 2.45) is 10.7 Å². The molecule has 7 nitrogen and oxygen atoms in total. The van der Waals surface area contributed by atoms with Crippen LogP contribution in [0.3, 0.4) is 0 Å². The summed E-state index contributed by atoms with van der Waals surface area (Å²) in [6.45, 7) is 12.8. The van der Waals surface area contributed by atoms with E-state index in [2.05, 4.69) is 63.6 Å². The number of hydrogen-bond donors (Lipinski definition) is 2. The molecule has 2 aromatic rings. The fraction of sp³-hybridized carbons (Fsp3) is 0.385. The summed E-state index contributed by atoms with van der Waals surface area (Å²) in [5.74, 6) is 0.780. The number of aromatic nitrogens is 1. The number of aliphatic hydroxyl groups excluding tert-OH is 1. The summed E-state index contributed by atoms with van der Waals surface area (Å²) >= 11 is 0. The predicted octanol–water partition coefficient (Wildman–Crippen LogP) is 2.87. The Morgan fingerprint density at radius 2 is 2.06 bits per heavy atom. The number of anilines is 1. The van der Waals surface area contributed by atoms with Crippen LogP contribution in [0.25, 0.3) is 5.57 Å². The molecular formula is C26H36N6O. The third-order valence-electron chi connectivity index (χ3n) is 6.05. The van der Waals surface area contributed by atoms with Gasteiger partial charge in [0, 0.05) is 63.6 Å². The van der Waals surface area contributed by atoms with Crippen molar-refractivity contribution in [3.63, 3.8) is 0 Å². The third kappa shape index (κ3) is 6.51. The number of hydrogen-bond acceptors (Lipinski definition) is 7. The van der Waals surface area contributed by atoms with E-state index < -0.39 is 6.23 Å². The van der Waals surface area contributed by atoms with Crippen LogP contribution in [0.15, 0.2) is 66.2 Å². The molecule has 1 aliphatic heterocycles. The van der Waals surface area contributed by atoms with Crippen molar-refractivity contribution in [1.82, 2.24) is 14.8 Å². The molecule has 33 heavy (non-hydrogen) atoms. The quantitative estimate of drug-likeness (QED) is 0.454. The first kappa shape index (κ1) is 24.6.